The summed E-state index contributed by atoms with van der Waals surface area (Å²) in [6.07, 6.45) is 0. The van der Waals surface area contributed by atoms with Crippen molar-refractivity contribution in [3.8, 4) is 11.5 Å². The molecular weight excluding hydrogens is 302 g/mol. The maximum atomic E-state index is 9.29. The lowest BCUT2D eigenvalue weighted by atomic mass is 10.1. The molecule has 0 radical (unpaired) electrons. The molecule has 3 aromatic rings. The fraction of sp³-hybridized carbons (Fsp3) is 0.263. The largest absolute Gasteiger partial charge is 0.419 e. The lowest BCUT2D eigenvalue weighted by Gasteiger charge is -2.19. The Morgan fingerprint density at radius 3 is 2.42 bits per heavy atom. The number of aryl methyl sites for hydroxylation is 1. The maximum absolute atomic E-state index is 9.29. The summed E-state index contributed by atoms with van der Waals surface area (Å²) in [5.41, 5.74) is 3.29. The molecular formula is C19H21N3O2. The molecule has 24 heavy (non-hydrogen) atoms. The Bertz CT molecular complexity index is 754. The van der Waals surface area contributed by atoms with Gasteiger partial charge in [-0.2, -0.15) is 0 Å². The predicted octanol–water partition coefficient (Wildman–Crippen LogP) is 3.04. The van der Waals surface area contributed by atoms with E-state index in [2.05, 4.69) is 27.2 Å². The van der Waals surface area contributed by atoms with E-state index in [1.54, 1.807) is 0 Å². The minimum Gasteiger partial charge on any atom is -0.419 e. The fourth-order valence-electron chi connectivity index (χ4n) is 2.52. The van der Waals surface area contributed by atoms with Gasteiger partial charge in [-0.05, 0) is 24.6 Å². The first-order valence-corrected chi connectivity index (χ1v) is 8.01. The van der Waals surface area contributed by atoms with Gasteiger partial charge in [0.25, 0.3) is 0 Å². The van der Waals surface area contributed by atoms with E-state index >= 15 is 0 Å². The van der Waals surface area contributed by atoms with Gasteiger partial charge in [0.1, 0.15) is 0 Å². The highest BCUT2D eigenvalue weighted by Crippen LogP contribution is 2.19. The lowest BCUT2D eigenvalue weighted by Crippen LogP contribution is -2.26. The van der Waals surface area contributed by atoms with E-state index < -0.39 is 0 Å². The van der Waals surface area contributed by atoms with Crippen molar-refractivity contribution in [2.45, 2.75) is 20.0 Å². The summed E-state index contributed by atoms with van der Waals surface area (Å²) in [7, 11) is 0. The van der Waals surface area contributed by atoms with Crippen molar-refractivity contribution in [3.05, 3.63) is 71.6 Å². The molecule has 1 aromatic heterocycles. The molecule has 0 spiro atoms. The Hall–Kier alpha value is -2.50. The molecule has 1 N–H and O–H groups in total. The number of rotatable bonds is 7. The molecule has 0 aliphatic heterocycles. The van der Waals surface area contributed by atoms with Gasteiger partial charge >= 0.3 is 0 Å². The van der Waals surface area contributed by atoms with E-state index in [1.165, 1.54) is 11.1 Å². The van der Waals surface area contributed by atoms with Crippen molar-refractivity contribution in [2.75, 3.05) is 13.2 Å². The number of hydrogen-bond acceptors (Lipinski definition) is 5. The van der Waals surface area contributed by atoms with Crippen LogP contribution in [0.5, 0.6) is 0 Å². The third kappa shape index (κ3) is 4.28. The molecule has 0 atom stereocenters. The number of aromatic nitrogens is 2. The van der Waals surface area contributed by atoms with Crippen LogP contribution in [0.1, 0.15) is 17.0 Å². The van der Waals surface area contributed by atoms with Crippen LogP contribution in [-0.4, -0.2) is 33.4 Å². The SMILES string of the molecule is Cc1ccc(-c2nnc(CN(CCO)Cc3ccccc3)o2)cc1. The van der Waals surface area contributed by atoms with Crippen LogP contribution in [0.3, 0.4) is 0 Å². The summed E-state index contributed by atoms with van der Waals surface area (Å²) in [6.45, 7) is 3.92. The summed E-state index contributed by atoms with van der Waals surface area (Å²) < 4.78 is 5.78. The summed E-state index contributed by atoms with van der Waals surface area (Å²) in [6, 6.07) is 18.1. The van der Waals surface area contributed by atoms with Crippen LogP contribution < -0.4 is 0 Å². The second-order valence-electron chi connectivity index (χ2n) is 5.79. The van der Waals surface area contributed by atoms with Crippen LogP contribution in [0.4, 0.5) is 0 Å². The minimum absolute atomic E-state index is 0.0891. The highest BCUT2D eigenvalue weighted by atomic mass is 16.4. The highest BCUT2D eigenvalue weighted by Gasteiger charge is 2.13. The molecule has 124 valence electrons. The Balaban J connectivity index is 1.70. The van der Waals surface area contributed by atoms with Gasteiger partial charge in [-0.1, -0.05) is 48.0 Å². The van der Waals surface area contributed by atoms with Crippen LogP contribution in [0.25, 0.3) is 11.5 Å². The molecule has 0 saturated carbocycles. The first kappa shape index (κ1) is 16.4. The van der Waals surface area contributed by atoms with Crippen LogP contribution in [0.15, 0.2) is 59.0 Å². The van der Waals surface area contributed by atoms with Crippen LogP contribution in [-0.2, 0) is 13.1 Å². The molecule has 1 heterocycles. The average Bonchev–Trinajstić information content (AvgIpc) is 3.05. The Morgan fingerprint density at radius 2 is 1.71 bits per heavy atom. The van der Waals surface area contributed by atoms with Crippen molar-refractivity contribution in [2.24, 2.45) is 0 Å². The molecule has 2 aromatic carbocycles. The minimum atomic E-state index is 0.0891. The molecule has 3 rings (SSSR count). The highest BCUT2D eigenvalue weighted by molar-refractivity contribution is 5.52. The summed E-state index contributed by atoms with van der Waals surface area (Å²) in [5, 5.41) is 17.6. The van der Waals surface area contributed by atoms with Crippen molar-refractivity contribution in [3.63, 3.8) is 0 Å². The monoisotopic (exact) mass is 323 g/mol. The second kappa shape index (κ2) is 7.86. The van der Waals surface area contributed by atoms with Crippen LogP contribution in [0.2, 0.25) is 0 Å². The molecule has 5 heteroatoms. The van der Waals surface area contributed by atoms with Crippen molar-refractivity contribution in [1.82, 2.24) is 15.1 Å². The lowest BCUT2D eigenvalue weighted by molar-refractivity contribution is 0.173. The normalized spacial score (nSPS) is 11.1. The van der Waals surface area contributed by atoms with Gasteiger partial charge in [0.15, 0.2) is 0 Å². The Kier molecular flexibility index (Phi) is 5.36. The molecule has 5 nitrogen and oxygen atoms in total. The van der Waals surface area contributed by atoms with E-state index in [-0.39, 0.29) is 6.61 Å². The predicted molar refractivity (Wildman–Crippen MR) is 92.1 cm³/mol. The van der Waals surface area contributed by atoms with Crippen molar-refractivity contribution >= 4 is 0 Å². The molecule has 0 bridgehead atoms. The molecule has 0 aliphatic carbocycles. The topological polar surface area (TPSA) is 62.4 Å². The van der Waals surface area contributed by atoms with Gasteiger partial charge in [-0.15, -0.1) is 10.2 Å². The van der Waals surface area contributed by atoms with Crippen molar-refractivity contribution < 1.29 is 9.52 Å². The number of benzene rings is 2. The zero-order valence-corrected chi connectivity index (χ0v) is 13.7. The Morgan fingerprint density at radius 1 is 0.958 bits per heavy atom. The summed E-state index contributed by atoms with van der Waals surface area (Å²) >= 11 is 0. The first-order chi connectivity index (χ1) is 11.7. The number of hydrogen-bond donors (Lipinski definition) is 1. The standard InChI is InChI=1S/C19H21N3O2/c1-15-7-9-17(10-8-15)19-21-20-18(24-19)14-22(11-12-23)13-16-5-3-2-4-6-16/h2-10,23H,11-14H2,1H3. The summed E-state index contributed by atoms with van der Waals surface area (Å²) in [5.74, 6) is 1.07. The molecule has 0 unspecified atom stereocenters. The van der Waals surface area contributed by atoms with E-state index in [0.717, 1.165) is 12.1 Å². The zero-order chi connectivity index (χ0) is 16.8. The third-order valence-electron chi connectivity index (χ3n) is 3.79. The van der Waals surface area contributed by atoms with E-state index in [9.17, 15) is 5.11 Å². The third-order valence-corrected chi connectivity index (χ3v) is 3.79. The average molecular weight is 323 g/mol. The number of aliphatic hydroxyl groups is 1. The molecule has 0 amide bonds. The molecule has 0 saturated heterocycles. The van der Waals surface area contributed by atoms with Crippen molar-refractivity contribution in [1.29, 1.82) is 0 Å². The van der Waals surface area contributed by atoms with Gasteiger partial charge in [0.05, 0.1) is 13.2 Å². The van der Waals surface area contributed by atoms with Gasteiger partial charge in [-0.25, -0.2) is 0 Å². The number of aliphatic hydroxyl groups excluding tert-OH is 1. The maximum Gasteiger partial charge on any atom is 0.247 e. The fourth-order valence-corrected chi connectivity index (χ4v) is 2.52. The second-order valence-corrected chi connectivity index (χ2v) is 5.79. The molecule has 0 aliphatic rings. The van der Waals surface area contributed by atoms with E-state index in [1.807, 2.05) is 49.4 Å². The molecule has 0 fully saturated rings. The zero-order valence-electron chi connectivity index (χ0n) is 13.7. The first-order valence-electron chi connectivity index (χ1n) is 8.01. The van der Waals surface area contributed by atoms with Crippen LogP contribution in [0, 0.1) is 6.92 Å². The smallest absolute Gasteiger partial charge is 0.247 e. The van der Waals surface area contributed by atoms with Crippen LogP contribution >= 0.6 is 0 Å². The van der Waals surface area contributed by atoms with Gasteiger partial charge in [0, 0.05) is 18.7 Å². The Labute approximate surface area is 141 Å². The number of nitrogens with zero attached hydrogens (tertiary/aromatic N) is 3. The summed E-state index contributed by atoms with van der Waals surface area (Å²) in [4.78, 5) is 2.09. The van der Waals surface area contributed by atoms with Gasteiger partial charge in [-0.3, -0.25) is 4.90 Å². The van der Waals surface area contributed by atoms with Gasteiger partial charge < -0.3 is 9.52 Å². The quantitative estimate of drug-likeness (QED) is 0.724. The van der Waals surface area contributed by atoms with E-state index in [4.69, 9.17) is 4.42 Å². The van der Waals surface area contributed by atoms with Gasteiger partial charge in [0.2, 0.25) is 11.8 Å². The van der Waals surface area contributed by atoms with E-state index in [0.29, 0.717) is 24.9 Å².